The minimum Gasteiger partial charge on any atom is -0.494 e. The number of nitriles is 1. The normalized spacial score (nSPS) is 15.1. The number of ether oxygens (including phenoxy) is 1. The van der Waals surface area contributed by atoms with E-state index < -0.39 is 5.54 Å². The lowest BCUT2D eigenvalue weighted by Crippen LogP contribution is -2.44. The second-order valence-corrected chi connectivity index (χ2v) is 9.85. The summed E-state index contributed by atoms with van der Waals surface area (Å²) < 4.78 is 5.95. The first-order chi connectivity index (χ1) is 16.7. The molecule has 1 fully saturated rings. The Morgan fingerprint density at radius 2 is 1.83 bits per heavy atom. The Labute approximate surface area is 214 Å². The predicted octanol–water partition coefficient (Wildman–Crippen LogP) is 5.33. The molecule has 6 nitrogen and oxygen atoms in total. The second kappa shape index (κ2) is 11.7. The van der Waals surface area contributed by atoms with E-state index in [-0.39, 0.29) is 5.91 Å². The molecule has 2 aromatic carbocycles. The minimum absolute atomic E-state index is 0.0647. The Morgan fingerprint density at radius 1 is 1.14 bits per heavy atom. The van der Waals surface area contributed by atoms with Crippen LogP contribution in [0.25, 0.3) is 0 Å². The van der Waals surface area contributed by atoms with Gasteiger partial charge in [0, 0.05) is 19.1 Å². The fourth-order valence-electron chi connectivity index (χ4n) is 4.31. The van der Waals surface area contributed by atoms with Gasteiger partial charge in [0.05, 0.1) is 23.9 Å². The molecule has 0 saturated carbocycles. The fraction of sp³-hybridized carbons (Fsp3) is 0.464. The molecule has 3 rings (SSSR count). The summed E-state index contributed by atoms with van der Waals surface area (Å²) in [7, 11) is 0. The van der Waals surface area contributed by atoms with Gasteiger partial charge in [-0.1, -0.05) is 26.0 Å². The summed E-state index contributed by atoms with van der Waals surface area (Å²) in [4.78, 5) is 16.8. The summed E-state index contributed by atoms with van der Waals surface area (Å²) in [5.74, 6) is 0.774. The second-order valence-electron chi connectivity index (χ2n) is 9.49. The van der Waals surface area contributed by atoms with Crippen LogP contribution in [0.1, 0.15) is 63.6 Å². The molecule has 0 radical (unpaired) electrons. The van der Waals surface area contributed by atoms with E-state index in [0.717, 1.165) is 37.1 Å². The van der Waals surface area contributed by atoms with E-state index in [4.69, 9.17) is 17.0 Å². The smallest absolute Gasteiger partial charge is 0.258 e. The number of benzene rings is 2. The molecular weight excluding hydrogens is 456 g/mol. The van der Waals surface area contributed by atoms with Crippen molar-refractivity contribution < 1.29 is 9.53 Å². The average molecular weight is 493 g/mol. The largest absolute Gasteiger partial charge is 0.494 e. The van der Waals surface area contributed by atoms with Crippen LogP contribution in [0.15, 0.2) is 42.5 Å². The first-order valence-corrected chi connectivity index (χ1v) is 12.8. The Balaban J connectivity index is 1.55. The first-order valence-electron chi connectivity index (χ1n) is 12.3. The number of rotatable bonds is 11. The lowest BCUT2D eigenvalue weighted by atomic mass is 10.0. The van der Waals surface area contributed by atoms with Gasteiger partial charge in [-0.2, -0.15) is 5.26 Å². The zero-order valence-corrected chi connectivity index (χ0v) is 22.2. The molecule has 0 unspecified atom stereocenters. The van der Waals surface area contributed by atoms with Gasteiger partial charge in [-0.15, -0.1) is 0 Å². The molecule has 1 aliphatic heterocycles. The number of anilines is 1. The van der Waals surface area contributed by atoms with Gasteiger partial charge >= 0.3 is 0 Å². The number of carbonyl (C=O) groups excluding carboxylic acids is 1. The van der Waals surface area contributed by atoms with Crippen LogP contribution in [0.5, 0.6) is 5.75 Å². The molecular formula is C28H36N4O2S. The molecule has 0 aliphatic carbocycles. The van der Waals surface area contributed by atoms with Crippen LogP contribution in [0, 0.1) is 18.3 Å². The number of hydrogen-bond acceptors (Lipinski definition) is 5. The van der Waals surface area contributed by atoms with E-state index in [2.05, 4.69) is 37.4 Å². The topological polar surface area (TPSA) is 68.6 Å². The highest BCUT2D eigenvalue weighted by molar-refractivity contribution is 7.80. The first kappa shape index (κ1) is 26.7. The van der Waals surface area contributed by atoms with Gasteiger partial charge in [0.2, 0.25) is 0 Å². The number of amides is 1. The number of hydrogen-bond donors (Lipinski definition) is 1. The van der Waals surface area contributed by atoms with Crippen molar-refractivity contribution in [1.29, 1.82) is 5.26 Å². The third kappa shape index (κ3) is 6.01. The molecule has 35 heavy (non-hydrogen) atoms. The third-order valence-corrected chi connectivity index (χ3v) is 7.11. The number of carbonyl (C=O) groups is 1. The zero-order valence-electron chi connectivity index (χ0n) is 21.4. The van der Waals surface area contributed by atoms with E-state index in [1.54, 1.807) is 17.0 Å². The van der Waals surface area contributed by atoms with Crippen LogP contribution in [0.3, 0.4) is 0 Å². The van der Waals surface area contributed by atoms with Gasteiger partial charge in [0.15, 0.2) is 5.11 Å². The zero-order chi connectivity index (χ0) is 25.6. The minimum atomic E-state index is -0.748. The number of nitrogens with one attached hydrogen (secondary N) is 1. The molecule has 0 spiro atoms. The van der Waals surface area contributed by atoms with Crippen LogP contribution in [0.4, 0.5) is 5.69 Å². The number of nitrogens with zero attached hydrogens (tertiary/aromatic N) is 3. The van der Waals surface area contributed by atoms with Gasteiger partial charge in [0.25, 0.3) is 5.91 Å². The van der Waals surface area contributed by atoms with Crippen molar-refractivity contribution in [2.24, 2.45) is 0 Å². The molecule has 0 aromatic heterocycles. The Hall–Kier alpha value is -2.95. The van der Waals surface area contributed by atoms with Gasteiger partial charge in [-0.3, -0.25) is 9.69 Å². The van der Waals surface area contributed by atoms with Crippen molar-refractivity contribution in [2.45, 2.75) is 72.0 Å². The average Bonchev–Trinajstić information content (AvgIpc) is 3.01. The lowest BCUT2D eigenvalue weighted by Gasteiger charge is -2.29. The van der Waals surface area contributed by atoms with E-state index >= 15 is 0 Å². The van der Waals surface area contributed by atoms with E-state index in [1.165, 1.54) is 5.56 Å². The molecule has 1 N–H and O–H groups in total. The molecule has 2 aromatic rings. The fourth-order valence-corrected chi connectivity index (χ4v) is 4.81. The molecule has 1 heterocycles. The number of aryl methyl sites for hydroxylation is 1. The summed E-state index contributed by atoms with van der Waals surface area (Å²) in [6.45, 7) is 12.1. The summed E-state index contributed by atoms with van der Waals surface area (Å²) >= 11 is 5.71. The van der Waals surface area contributed by atoms with Crippen LogP contribution >= 0.6 is 12.2 Å². The molecule has 0 atom stereocenters. The van der Waals surface area contributed by atoms with Crippen molar-refractivity contribution in [1.82, 2.24) is 10.2 Å². The van der Waals surface area contributed by atoms with Crippen molar-refractivity contribution >= 4 is 28.9 Å². The highest BCUT2D eigenvalue weighted by Gasteiger charge is 2.49. The van der Waals surface area contributed by atoms with Crippen molar-refractivity contribution in [2.75, 3.05) is 18.1 Å². The van der Waals surface area contributed by atoms with Crippen LogP contribution in [-0.4, -0.2) is 40.7 Å². The Kier molecular flexibility index (Phi) is 8.87. The standard InChI is InChI=1S/C28H36N4O2S/c1-6-23(7-2)30-19-21-9-13-25(14-10-21)34-16-8-15-31-27(35)32(26(33)28(31,4)5)24-12-11-22(18-29)20(3)17-24/h9-14,17,23,30H,6-8,15-16,19H2,1-5H3. The van der Waals surface area contributed by atoms with Gasteiger partial charge in [-0.25, -0.2) is 0 Å². The summed E-state index contributed by atoms with van der Waals surface area (Å²) in [5.41, 5.74) is 2.60. The highest BCUT2D eigenvalue weighted by Crippen LogP contribution is 2.33. The van der Waals surface area contributed by atoms with Crippen molar-refractivity contribution in [3.8, 4) is 11.8 Å². The van der Waals surface area contributed by atoms with E-state index in [1.807, 2.05) is 43.9 Å². The van der Waals surface area contributed by atoms with E-state index in [9.17, 15) is 10.1 Å². The predicted molar refractivity (Wildman–Crippen MR) is 145 cm³/mol. The number of thiocarbonyl (C=S) groups is 1. The van der Waals surface area contributed by atoms with Crippen molar-refractivity contribution in [3.05, 3.63) is 59.2 Å². The maximum absolute atomic E-state index is 13.2. The molecule has 1 saturated heterocycles. The van der Waals surface area contributed by atoms with Crippen LogP contribution in [0.2, 0.25) is 0 Å². The third-order valence-electron chi connectivity index (χ3n) is 6.71. The highest BCUT2D eigenvalue weighted by atomic mass is 32.1. The Morgan fingerprint density at radius 3 is 2.43 bits per heavy atom. The monoisotopic (exact) mass is 492 g/mol. The van der Waals surface area contributed by atoms with Gasteiger partial charge in [-0.05, 0) is 93.7 Å². The van der Waals surface area contributed by atoms with Gasteiger partial charge < -0.3 is 15.0 Å². The Bertz CT molecular complexity index is 1090. The lowest BCUT2D eigenvalue weighted by molar-refractivity contribution is -0.123. The summed E-state index contributed by atoms with van der Waals surface area (Å²) in [6, 6.07) is 16.3. The quantitative estimate of drug-likeness (QED) is 0.338. The molecule has 1 aliphatic rings. The maximum atomic E-state index is 13.2. The molecule has 0 bridgehead atoms. The molecule has 7 heteroatoms. The van der Waals surface area contributed by atoms with Crippen LogP contribution in [-0.2, 0) is 11.3 Å². The van der Waals surface area contributed by atoms with E-state index in [0.29, 0.717) is 35.6 Å². The summed E-state index contributed by atoms with van der Waals surface area (Å²) in [6.07, 6.45) is 2.99. The molecule has 186 valence electrons. The summed E-state index contributed by atoms with van der Waals surface area (Å²) in [5, 5.41) is 13.3. The maximum Gasteiger partial charge on any atom is 0.258 e. The molecule has 1 amide bonds. The van der Waals surface area contributed by atoms with Crippen molar-refractivity contribution in [3.63, 3.8) is 0 Å². The van der Waals surface area contributed by atoms with Gasteiger partial charge in [0.1, 0.15) is 11.3 Å². The van der Waals surface area contributed by atoms with Crippen LogP contribution < -0.4 is 15.0 Å². The SMILES string of the molecule is CCC(CC)NCc1ccc(OCCCN2C(=S)N(c3ccc(C#N)c(C)c3)C(=O)C2(C)C)cc1.